The number of carbonyl (C=O) groups is 2. The molecule has 0 atom stereocenters. The van der Waals surface area contributed by atoms with Gasteiger partial charge in [-0.3, -0.25) is 9.59 Å². The Bertz CT molecular complexity index is 122. The molecule has 0 aliphatic rings. The average Bonchev–Trinajstić information content (AvgIpc) is 2.01. The van der Waals surface area contributed by atoms with Crippen molar-refractivity contribution in [3.05, 3.63) is 0 Å². The van der Waals surface area contributed by atoms with Gasteiger partial charge in [-0.1, -0.05) is 0 Å². The summed E-state index contributed by atoms with van der Waals surface area (Å²) in [5, 5.41) is 38.8. The molecule has 0 radical (unpaired) electrons. The van der Waals surface area contributed by atoms with Crippen LogP contribution in [0.1, 0.15) is 13.8 Å². The highest BCUT2D eigenvalue weighted by Gasteiger charge is 1.93. The lowest BCUT2D eigenvalue weighted by Gasteiger charge is -1.96. The van der Waals surface area contributed by atoms with Crippen molar-refractivity contribution < 1.29 is 40.6 Å². The van der Waals surface area contributed by atoms with E-state index in [9.17, 15) is 0 Å². The number of aliphatic hydroxyl groups excluding tert-OH is 3. The van der Waals surface area contributed by atoms with Gasteiger partial charge in [0.2, 0.25) is 0 Å². The van der Waals surface area contributed by atoms with Crippen LogP contribution >= 0.6 is 0 Å². The normalized spacial score (nSPS) is 7.33. The third-order valence-electron chi connectivity index (χ3n) is 0.421. The fourth-order valence-electron chi connectivity index (χ4n) is 0.0577. The van der Waals surface area contributed by atoms with E-state index < -0.39 is 18.0 Å². The van der Waals surface area contributed by atoms with Crippen LogP contribution in [0.3, 0.4) is 0 Å². The summed E-state index contributed by atoms with van der Waals surface area (Å²) < 4.78 is 0. The highest BCUT2D eigenvalue weighted by Crippen LogP contribution is 1.71. The lowest BCUT2D eigenvalue weighted by molar-refractivity contribution is -0.135. The molecule has 0 amide bonds. The molecule has 0 aromatic heterocycles. The zero-order valence-electron chi connectivity index (χ0n) is 8.54. The van der Waals surface area contributed by atoms with E-state index in [1.807, 2.05) is 0 Å². The van der Waals surface area contributed by atoms with Gasteiger partial charge in [-0.05, 0) is 0 Å². The van der Waals surface area contributed by atoms with Crippen LogP contribution in [0.4, 0.5) is 0 Å². The Kier molecular flexibility index (Phi) is 29.1. The van der Waals surface area contributed by atoms with Crippen LogP contribution < -0.4 is 0 Å². The highest BCUT2D eigenvalue weighted by molar-refractivity contribution is 5.63. The first-order chi connectivity index (χ1) is 6.27. The molecule has 0 spiro atoms. The van der Waals surface area contributed by atoms with Crippen LogP contribution in [-0.2, 0) is 9.59 Å². The quantitative estimate of drug-likeness (QED) is 0.355. The van der Waals surface area contributed by atoms with E-state index in [-0.39, 0.29) is 18.7 Å². The Morgan fingerprint density at radius 3 is 1.13 bits per heavy atom. The first-order valence-electron chi connectivity index (χ1n) is 3.56. The first kappa shape index (κ1) is 23.5. The molecule has 0 unspecified atom stereocenters. The predicted molar refractivity (Wildman–Crippen MR) is 50.4 cm³/mol. The Morgan fingerprint density at radius 1 is 1.00 bits per heavy atom. The van der Waals surface area contributed by atoms with Crippen molar-refractivity contribution in [1.82, 2.24) is 0 Å². The molecule has 0 rings (SSSR count). The molecule has 0 saturated carbocycles. The molecular weight excluding hydrogens is 212 g/mol. The summed E-state index contributed by atoms with van der Waals surface area (Å²) in [6.07, 6.45) is -0.954. The smallest absolute Gasteiger partial charge is 0.300 e. The molecule has 0 saturated heterocycles. The topological polar surface area (TPSA) is 167 Å². The van der Waals surface area contributed by atoms with Gasteiger partial charge in [-0.2, -0.15) is 0 Å². The van der Waals surface area contributed by atoms with E-state index >= 15 is 0 Å². The third kappa shape index (κ3) is 192. The van der Waals surface area contributed by atoms with Crippen LogP contribution in [0, 0.1) is 0 Å². The van der Waals surface area contributed by atoms with E-state index in [2.05, 4.69) is 0 Å². The van der Waals surface area contributed by atoms with Gasteiger partial charge in [0.15, 0.2) is 0 Å². The Hall–Kier alpha value is -1.22. The van der Waals surface area contributed by atoms with Gasteiger partial charge in [0, 0.05) is 13.8 Å². The maximum absolute atomic E-state index is 9.00. The molecule has 0 heterocycles. The molecule has 0 aromatic rings. The third-order valence-corrected chi connectivity index (χ3v) is 0.421. The summed E-state index contributed by atoms with van der Waals surface area (Å²) in [7, 11) is 0. The molecule has 7 N–H and O–H groups in total. The molecule has 94 valence electrons. The van der Waals surface area contributed by atoms with Crippen molar-refractivity contribution >= 4 is 11.9 Å². The fraction of sp³-hybridized carbons (Fsp3) is 0.714. The van der Waals surface area contributed by atoms with Crippen molar-refractivity contribution in [1.29, 1.82) is 0 Å². The van der Waals surface area contributed by atoms with Crippen LogP contribution in [0.25, 0.3) is 0 Å². The second-order valence-electron chi connectivity index (χ2n) is 2.06. The molecule has 0 aliphatic heterocycles. The summed E-state index contributed by atoms with van der Waals surface area (Å²) >= 11 is 0. The Balaban J connectivity index is -0.0000000606. The van der Waals surface area contributed by atoms with Crippen molar-refractivity contribution in [3.8, 4) is 0 Å². The van der Waals surface area contributed by atoms with Crippen molar-refractivity contribution in [3.63, 3.8) is 0 Å². The minimum absolute atomic E-state index is 0. The van der Waals surface area contributed by atoms with Gasteiger partial charge in [0.1, 0.15) is 6.10 Å². The van der Waals surface area contributed by atoms with Crippen molar-refractivity contribution in [2.24, 2.45) is 0 Å². The molecule has 0 fully saturated rings. The molecule has 0 bridgehead atoms. The summed E-state index contributed by atoms with van der Waals surface area (Å²) in [5.74, 6) is -1.67. The zero-order chi connectivity index (χ0) is 12.1. The van der Waals surface area contributed by atoms with Gasteiger partial charge >= 0.3 is 0 Å². The second-order valence-corrected chi connectivity index (χ2v) is 2.06. The highest BCUT2D eigenvalue weighted by atomic mass is 16.4. The number of carboxylic acid groups (broad SMARTS) is 2. The largest absolute Gasteiger partial charge is 0.481 e. The first-order valence-corrected chi connectivity index (χ1v) is 3.56. The maximum Gasteiger partial charge on any atom is 0.300 e. The van der Waals surface area contributed by atoms with E-state index in [1.165, 1.54) is 0 Å². The fourth-order valence-corrected chi connectivity index (χ4v) is 0.0577. The zero-order valence-corrected chi connectivity index (χ0v) is 8.54. The van der Waals surface area contributed by atoms with Crippen molar-refractivity contribution in [2.75, 3.05) is 13.2 Å². The molecule has 0 aliphatic carbocycles. The second kappa shape index (κ2) is 18.5. The summed E-state index contributed by atoms with van der Waals surface area (Å²) in [6.45, 7) is 1.44. The van der Waals surface area contributed by atoms with Crippen molar-refractivity contribution in [2.45, 2.75) is 20.0 Å². The molecule has 8 nitrogen and oxygen atoms in total. The van der Waals surface area contributed by atoms with Crippen LogP contribution in [0.5, 0.6) is 0 Å². The molecule has 0 aromatic carbocycles. The number of hydrogen-bond acceptors (Lipinski definition) is 5. The SMILES string of the molecule is CC(=O)O.CC(=O)O.O.OCC(O)CO. The van der Waals surface area contributed by atoms with E-state index in [1.54, 1.807) is 0 Å². The van der Waals surface area contributed by atoms with E-state index in [4.69, 9.17) is 35.1 Å². The van der Waals surface area contributed by atoms with E-state index in [0.717, 1.165) is 13.8 Å². The minimum Gasteiger partial charge on any atom is -0.481 e. The van der Waals surface area contributed by atoms with Gasteiger partial charge in [0.05, 0.1) is 13.2 Å². The molecular formula is C7H18O8. The van der Waals surface area contributed by atoms with Crippen LogP contribution in [-0.4, -0.2) is 62.3 Å². The predicted octanol–water partition coefficient (Wildman–Crippen LogP) is -2.31. The summed E-state index contributed by atoms with van der Waals surface area (Å²) in [6, 6.07) is 0. The van der Waals surface area contributed by atoms with Crippen LogP contribution in [0.15, 0.2) is 0 Å². The number of carboxylic acids is 2. The van der Waals surface area contributed by atoms with Gasteiger partial charge < -0.3 is 31.0 Å². The van der Waals surface area contributed by atoms with Gasteiger partial charge in [-0.15, -0.1) is 0 Å². The van der Waals surface area contributed by atoms with Crippen LogP contribution in [0.2, 0.25) is 0 Å². The Labute approximate surface area is 86.7 Å². The number of aliphatic hydroxyl groups is 3. The molecule has 8 heteroatoms. The average molecular weight is 230 g/mol. The maximum atomic E-state index is 9.00. The number of rotatable bonds is 2. The van der Waals surface area contributed by atoms with Gasteiger partial charge in [-0.25, -0.2) is 0 Å². The van der Waals surface area contributed by atoms with Gasteiger partial charge in [0.25, 0.3) is 11.9 Å². The molecule has 15 heavy (non-hydrogen) atoms. The standard InChI is InChI=1S/C3H8O3.2C2H4O2.H2O/c4-1-3(6)2-5;2*1-2(3)4;/h3-6H,1-2H2;2*1H3,(H,3,4);1H2. The summed E-state index contributed by atoms with van der Waals surface area (Å²) in [5.41, 5.74) is 0. The minimum atomic E-state index is -0.954. The van der Waals surface area contributed by atoms with E-state index in [0.29, 0.717) is 0 Å². The lowest BCUT2D eigenvalue weighted by atomic mass is 10.4. The number of aliphatic carboxylic acids is 2. The monoisotopic (exact) mass is 230 g/mol. The lowest BCUT2D eigenvalue weighted by Crippen LogP contribution is -2.15. The Morgan fingerprint density at radius 2 is 1.13 bits per heavy atom. The summed E-state index contributed by atoms with van der Waals surface area (Å²) in [4.78, 5) is 18.0. The number of hydrogen-bond donors (Lipinski definition) is 5.